The Morgan fingerprint density at radius 1 is 0.587 bits per heavy atom. The van der Waals surface area contributed by atoms with E-state index in [0.29, 0.717) is 5.66 Å². The van der Waals surface area contributed by atoms with Crippen LogP contribution in [0.2, 0.25) is 0 Å². The molecule has 4 heteroatoms. The summed E-state index contributed by atoms with van der Waals surface area (Å²) in [7, 11) is -1.47. The Labute approximate surface area is 411 Å². The Bertz CT molecular complexity index is 2550. The molecule has 2 atom stereocenters. The first-order valence-corrected chi connectivity index (χ1v) is 24.7. The van der Waals surface area contributed by atoms with Gasteiger partial charge in [0.1, 0.15) is 18.5 Å². The molecule has 9 rings (SSSR count). The van der Waals surface area contributed by atoms with Crippen LogP contribution in [-0.4, -0.2) is 11.6 Å². The molecule has 0 heterocycles. The van der Waals surface area contributed by atoms with Crippen LogP contribution < -0.4 is 10.6 Å². The molecule has 3 aliphatic rings. The van der Waals surface area contributed by atoms with Crippen molar-refractivity contribution in [2.24, 2.45) is 0 Å². The Balaban J connectivity index is 0.000000182. The van der Waals surface area contributed by atoms with Crippen molar-refractivity contribution < 1.29 is 44.8 Å². The van der Waals surface area contributed by atoms with E-state index >= 15 is 0 Å². The van der Waals surface area contributed by atoms with Crippen molar-refractivity contribution >= 4 is 26.5 Å². The minimum Gasteiger partial charge on any atom is -0.366 e. The van der Waals surface area contributed by atoms with Gasteiger partial charge in [-0.25, -0.2) is 0 Å². The molecule has 0 bridgehead atoms. The number of hydrogen-bond donors (Lipinski definition) is 0. The molecule has 0 nitrogen and oxygen atoms in total. The largest absolute Gasteiger partial charge is 1.00 e. The molecule has 0 spiro atoms. The SMILES string of the molecule is C=C/C=C\C=C\[PH+](C[PH+](c1ccccc1)c1ccccc1)C1C=CC=CC1.[Ag+].[Au+].[C-]#Cc1cccc2c1-c1ccccc1C2(C)C.[C-]#Cc1cccc2c1-c1ccccc1C2(C)C. The van der Waals surface area contributed by atoms with Crippen molar-refractivity contribution in [1.29, 1.82) is 0 Å². The van der Waals surface area contributed by atoms with E-state index in [4.69, 9.17) is 12.8 Å². The molecule has 2 unspecified atom stereocenters. The molecule has 0 fully saturated rings. The van der Waals surface area contributed by atoms with Gasteiger partial charge >= 0.3 is 44.8 Å². The summed E-state index contributed by atoms with van der Waals surface area (Å²) in [5.41, 5.74) is 12.7. The van der Waals surface area contributed by atoms with Gasteiger partial charge in [-0.3, -0.25) is 11.8 Å². The molecule has 0 radical (unpaired) electrons. The average molecular weight is 1130 g/mol. The molecule has 6 aromatic rings. The first-order chi connectivity index (χ1) is 29.7. The van der Waals surface area contributed by atoms with Gasteiger partial charge in [-0.15, -0.1) is 23.3 Å². The number of allylic oxidation sites excluding steroid dienone is 8. The number of hydrogen-bond acceptors (Lipinski definition) is 0. The molecule has 63 heavy (non-hydrogen) atoms. The standard InChI is InChI=1S/C25H26P2.2C17H13.Ag.Au/c1-2-3-4-14-21-26(23-15-8-5-9-16-23)22-27(24-17-10-6-11-18-24)25-19-12-7-13-20-25;2*1-4-12-8-7-11-15-16(12)13-9-5-6-10-14(13)17(15,2)3;;/h2-15,17-21,23H,1,16,22H2;2*5-11H,2-3H3;;/q;2*-1;2*+1/p+2/b4-3-,21-14+;;;;. The third-order valence-electron chi connectivity index (χ3n) is 12.2. The molecule has 320 valence electrons. The predicted molar refractivity (Wildman–Crippen MR) is 269 cm³/mol. The summed E-state index contributed by atoms with van der Waals surface area (Å²) >= 11 is 0. The van der Waals surface area contributed by atoms with Gasteiger partial charge in [0.05, 0.1) is 19.4 Å². The zero-order chi connectivity index (χ0) is 42.8. The van der Waals surface area contributed by atoms with Gasteiger partial charge in [-0.05, 0) is 69.8 Å². The molecule has 0 amide bonds. The second-order valence-electron chi connectivity index (χ2n) is 16.6. The Morgan fingerprint density at radius 3 is 1.49 bits per heavy atom. The third kappa shape index (κ3) is 10.9. The third-order valence-corrected chi connectivity index (χ3v) is 19.3. The van der Waals surface area contributed by atoms with Crippen LogP contribution in [0.5, 0.6) is 0 Å². The summed E-state index contributed by atoms with van der Waals surface area (Å²) in [6, 6.07) is 51.5. The minimum atomic E-state index is -0.797. The fourth-order valence-corrected chi connectivity index (χ4v) is 16.8. The van der Waals surface area contributed by atoms with Crippen molar-refractivity contribution in [2.45, 2.75) is 50.6 Å². The van der Waals surface area contributed by atoms with E-state index in [1.54, 1.807) is 0 Å². The van der Waals surface area contributed by atoms with Crippen molar-refractivity contribution in [3.05, 3.63) is 253 Å². The molecule has 0 N–H and O–H groups in total. The summed E-state index contributed by atoms with van der Waals surface area (Å²) in [5, 5.41) is 3.03. The fourth-order valence-electron chi connectivity index (χ4n) is 9.06. The van der Waals surface area contributed by atoms with Gasteiger partial charge in [0.25, 0.3) is 0 Å². The molecule has 0 saturated carbocycles. The van der Waals surface area contributed by atoms with Crippen molar-refractivity contribution in [3.63, 3.8) is 0 Å². The maximum atomic E-state index is 7.43. The quantitative estimate of drug-likeness (QED) is 0.0468. The minimum absolute atomic E-state index is 0. The molecule has 6 aromatic carbocycles. The fraction of sp³-hybridized carbons (Fsp3) is 0.153. The van der Waals surface area contributed by atoms with E-state index in [1.165, 1.54) is 67.4 Å². The van der Waals surface area contributed by atoms with E-state index in [1.807, 2.05) is 36.4 Å². The van der Waals surface area contributed by atoms with Gasteiger partial charge < -0.3 is 12.8 Å². The Hall–Kier alpha value is -4.52. The van der Waals surface area contributed by atoms with E-state index in [-0.39, 0.29) is 55.6 Å². The van der Waals surface area contributed by atoms with Gasteiger partial charge in [-0.1, -0.05) is 191 Å². The molecule has 0 aromatic heterocycles. The van der Waals surface area contributed by atoms with E-state index < -0.39 is 15.8 Å². The molecular formula is C59H54AgAuP2+2. The molecule has 3 aliphatic carbocycles. The zero-order valence-corrected chi connectivity index (χ0v) is 42.0. The van der Waals surface area contributed by atoms with Gasteiger partial charge in [-0.2, -0.15) is 0 Å². The Kier molecular flexibility index (Phi) is 18.0. The van der Waals surface area contributed by atoms with Gasteiger partial charge in [0, 0.05) is 17.3 Å². The first-order valence-electron chi connectivity index (χ1n) is 21.1. The summed E-state index contributed by atoms with van der Waals surface area (Å²) in [6.45, 7) is 12.7. The first kappa shape index (κ1) is 49.5. The summed E-state index contributed by atoms with van der Waals surface area (Å²) < 4.78 is 0. The van der Waals surface area contributed by atoms with Crippen LogP contribution >= 0.6 is 15.8 Å². The van der Waals surface area contributed by atoms with Crippen LogP contribution in [0.15, 0.2) is 207 Å². The number of fused-ring (bicyclic) bond motifs is 6. The topological polar surface area (TPSA) is 0 Å². The van der Waals surface area contributed by atoms with Crippen LogP contribution in [0.4, 0.5) is 0 Å². The van der Waals surface area contributed by atoms with E-state index in [9.17, 15) is 0 Å². The second-order valence-corrected chi connectivity index (χ2v) is 22.4. The van der Waals surface area contributed by atoms with E-state index in [2.05, 4.69) is 210 Å². The summed E-state index contributed by atoms with van der Waals surface area (Å²) in [4.78, 5) is 0. The summed E-state index contributed by atoms with van der Waals surface area (Å²) in [5.74, 6) is 8.90. The van der Waals surface area contributed by atoms with Crippen LogP contribution in [0, 0.1) is 24.7 Å². The molecular weight excluding hydrogens is 1080 g/mol. The van der Waals surface area contributed by atoms with Crippen molar-refractivity contribution in [2.75, 3.05) is 5.90 Å². The van der Waals surface area contributed by atoms with E-state index in [0.717, 1.165) is 11.1 Å². The molecule has 0 saturated heterocycles. The molecule has 0 aliphatic heterocycles. The van der Waals surface area contributed by atoms with Crippen LogP contribution in [-0.2, 0) is 55.6 Å². The normalized spacial score (nSPS) is 15.6. The number of rotatable bonds is 8. The van der Waals surface area contributed by atoms with Crippen molar-refractivity contribution in [1.82, 2.24) is 0 Å². The summed E-state index contributed by atoms with van der Waals surface area (Å²) in [6.07, 6.45) is 33.4. The van der Waals surface area contributed by atoms with Crippen LogP contribution in [0.1, 0.15) is 67.5 Å². The average Bonchev–Trinajstić information content (AvgIpc) is 3.70. The van der Waals surface area contributed by atoms with Crippen molar-refractivity contribution in [3.8, 4) is 34.1 Å². The maximum Gasteiger partial charge on any atom is 1.00 e. The second kappa shape index (κ2) is 22.9. The smallest absolute Gasteiger partial charge is 0.366 e. The van der Waals surface area contributed by atoms with Crippen LogP contribution in [0.3, 0.4) is 0 Å². The van der Waals surface area contributed by atoms with Gasteiger partial charge in [0.2, 0.25) is 0 Å². The number of benzene rings is 6. The Morgan fingerprint density at radius 2 is 1.05 bits per heavy atom. The van der Waals surface area contributed by atoms with Gasteiger partial charge in [0.15, 0.2) is 5.90 Å². The van der Waals surface area contributed by atoms with Crippen LogP contribution in [0.25, 0.3) is 22.3 Å². The predicted octanol–water partition coefficient (Wildman–Crippen LogP) is 14.0. The maximum absolute atomic E-state index is 7.43. The zero-order valence-electron chi connectivity index (χ0n) is 36.4. The monoisotopic (exact) mass is 1130 g/mol.